The van der Waals surface area contributed by atoms with E-state index in [-0.39, 0.29) is 23.7 Å². The lowest BCUT2D eigenvalue weighted by molar-refractivity contribution is -0.123. The first kappa shape index (κ1) is 15.4. The van der Waals surface area contributed by atoms with Crippen molar-refractivity contribution in [2.75, 3.05) is 18.4 Å². The first-order valence-corrected chi connectivity index (χ1v) is 6.85. The van der Waals surface area contributed by atoms with Gasteiger partial charge in [0.15, 0.2) is 5.13 Å². The second kappa shape index (κ2) is 5.99. The lowest BCUT2D eigenvalue weighted by atomic mass is 9.89. The summed E-state index contributed by atoms with van der Waals surface area (Å²) >= 11 is 1.56. The summed E-state index contributed by atoms with van der Waals surface area (Å²) in [7, 11) is 0. The number of rotatable bonds is 3. The van der Waals surface area contributed by atoms with E-state index in [0.717, 1.165) is 36.8 Å². The molecule has 0 aliphatic carbocycles. The van der Waals surface area contributed by atoms with Gasteiger partial charge in [0, 0.05) is 11.4 Å². The number of amides is 1. The van der Waals surface area contributed by atoms with Crippen LogP contribution in [-0.4, -0.2) is 24.0 Å². The molecule has 1 aliphatic rings. The maximum Gasteiger partial charge on any atom is 0.233 e. The number of carbonyl (C=O) groups excluding carboxylic acids is 1. The zero-order chi connectivity index (χ0) is 12.5. The Morgan fingerprint density at radius 1 is 1.61 bits per heavy atom. The van der Waals surface area contributed by atoms with Crippen LogP contribution in [0.25, 0.3) is 0 Å². The molecule has 1 saturated heterocycles. The quantitative estimate of drug-likeness (QED) is 0.898. The van der Waals surface area contributed by atoms with E-state index in [2.05, 4.69) is 22.5 Å². The molecule has 102 valence electrons. The first-order valence-electron chi connectivity index (χ1n) is 6.03. The van der Waals surface area contributed by atoms with E-state index in [9.17, 15) is 4.79 Å². The maximum absolute atomic E-state index is 12.2. The van der Waals surface area contributed by atoms with Crippen LogP contribution < -0.4 is 10.6 Å². The molecular weight excluding hydrogens is 270 g/mol. The second-order valence-corrected chi connectivity index (χ2v) is 6.02. The molecule has 2 N–H and O–H groups in total. The van der Waals surface area contributed by atoms with Crippen LogP contribution in [0.5, 0.6) is 0 Å². The SMILES string of the molecule is CCc1nc(NC(=O)C2(C)CCNC2)sc1C.Cl. The predicted molar refractivity (Wildman–Crippen MR) is 77.7 cm³/mol. The molecule has 0 spiro atoms. The largest absolute Gasteiger partial charge is 0.316 e. The average molecular weight is 290 g/mol. The Hall–Kier alpha value is -0.650. The molecule has 0 bridgehead atoms. The van der Waals surface area contributed by atoms with Gasteiger partial charge < -0.3 is 10.6 Å². The Morgan fingerprint density at radius 2 is 2.33 bits per heavy atom. The molecule has 6 heteroatoms. The topological polar surface area (TPSA) is 54.0 Å². The van der Waals surface area contributed by atoms with Gasteiger partial charge in [-0.05, 0) is 33.2 Å². The molecule has 0 aromatic carbocycles. The zero-order valence-corrected chi connectivity index (χ0v) is 12.6. The summed E-state index contributed by atoms with van der Waals surface area (Å²) < 4.78 is 0. The summed E-state index contributed by atoms with van der Waals surface area (Å²) in [5.74, 6) is 0.0823. The fourth-order valence-corrected chi connectivity index (χ4v) is 2.97. The first-order chi connectivity index (χ1) is 8.05. The van der Waals surface area contributed by atoms with Gasteiger partial charge in [0.2, 0.25) is 5.91 Å². The number of aromatic nitrogens is 1. The third kappa shape index (κ3) is 3.02. The lowest BCUT2D eigenvalue weighted by Gasteiger charge is -2.20. The summed E-state index contributed by atoms with van der Waals surface area (Å²) in [5.41, 5.74) is 0.798. The highest BCUT2D eigenvalue weighted by Crippen LogP contribution is 2.28. The number of thiazole rings is 1. The van der Waals surface area contributed by atoms with E-state index in [1.54, 1.807) is 11.3 Å². The molecule has 0 radical (unpaired) electrons. The van der Waals surface area contributed by atoms with Crippen LogP contribution in [0.4, 0.5) is 5.13 Å². The van der Waals surface area contributed by atoms with E-state index >= 15 is 0 Å². The molecule has 1 aliphatic heterocycles. The summed E-state index contributed by atoms with van der Waals surface area (Å²) in [5, 5.41) is 6.91. The van der Waals surface area contributed by atoms with Gasteiger partial charge in [0.25, 0.3) is 0 Å². The Balaban J connectivity index is 0.00000162. The van der Waals surface area contributed by atoms with E-state index < -0.39 is 0 Å². The minimum absolute atomic E-state index is 0. The van der Waals surface area contributed by atoms with E-state index in [1.807, 2.05) is 13.8 Å². The van der Waals surface area contributed by atoms with Crippen LogP contribution in [0.15, 0.2) is 0 Å². The highest BCUT2D eigenvalue weighted by atomic mass is 35.5. The minimum atomic E-state index is -0.286. The van der Waals surface area contributed by atoms with Crippen LogP contribution in [0.3, 0.4) is 0 Å². The van der Waals surface area contributed by atoms with Crippen molar-refractivity contribution in [3.05, 3.63) is 10.6 Å². The van der Waals surface area contributed by atoms with Gasteiger partial charge in [-0.3, -0.25) is 4.79 Å². The molecule has 1 fully saturated rings. The van der Waals surface area contributed by atoms with Gasteiger partial charge in [0.1, 0.15) is 0 Å². The van der Waals surface area contributed by atoms with Crippen LogP contribution >= 0.6 is 23.7 Å². The van der Waals surface area contributed by atoms with Crippen molar-refractivity contribution in [3.8, 4) is 0 Å². The normalized spacial score (nSPS) is 22.6. The standard InChI is InChI=1S/C12H19N3OS.ClH/c1-4-9-8(2)17-11(14-9)15-10(16)12(3)5-6-13-7-12;/h13H,4-7H2,1-3H3,(H,14,15,16);1H. The highest BCUT2D eigenvalue weighted by molar-refractivity contribution is 7.15. The van der Waals surface area contributed by atoms with Crippen molar-refractivity contribution >= 4 is 34.8 Å². The number of hydrogen-bond acceptors (Lipinski definition) is 4. The molecule has 1 unspecified atom stereocenters. The molecule has 2 rings (SSSR count). The lowest BCUT2D eigenvalue weighted by Crippen LogP contribution is -2.35. The van der Waals surface area contributed by atoms with Crippen molar-refractivity contribution in [3.63, 3.8) is 0 Å². The summed E-state index contributed by atoms with van der Waals surface area (Å²) in [6.07, 6.45) is 1.81. The van der Waals surface area contributed by atoms with E-state index in [1.165, 1.54) is 4.88 Å². The van der Waals surface area contributed by atoms with Crippen LogP contribution in [0, 0.1) is 12.3 Å². The number of nitrogens with one attached hydrogen (secondary N) is 2. The van der Waals surface area contributed by atoms with Crippen molar-refractivity contribution in [2.24, 2.45) is 5.41 Å². The number of halogens is 1. The van der Waals surface area contributed by atoms with E-state index in [0.29, 0.717) is 0 Å². The van der Waals surface area contributed by atoms with Crippen LogP contribution in [-0.2, 0) is 11.2 Å². The fourth-order valence-electron chi connectivity index (χ4n) is 2.07. The van der Waals surface area contributed by atoms with Gasteiger partial charge in [-0.15, -0.1) is 23.7 Å². The second-order valence-electron chi connectivity index (χ2n) is 4.82. The Morgan fingerprint density at radius 3 is 2.83 bits per heavy atom. The number of anilines is 1. The molecule has 2 heterocycles. The molecule has 1 aromatic heterocycles. The molecule has 1 amide bonds. The minimum Gasteiger partial charge on any atom is -0.316 e. The zero-order valence-electron chi connectivity index (χ0n) is 11.0. The summed E-state index contributed by atoms with van der Waals surface area (Å²) in [6, 6.07) is 0. The third-order valence-electron chi connectivity index (χ3n) is 3.36. The van der Waals surface area contributed by atoms with E-state index in [4.69, 9.17) is 0 Å². The maximum atomic E-state index is 12.2. The molecule has 1 atom stereocenters. The number of aryl methyl sites for hydroxylation is 2. The van der Waals surface area contributed by atoms with Gasteiger partial charge in [-0.2, -0.15) is 0 Å². The third-order valence-corrected chi connectivity index (χ3v) is 4.29. The average Bonchev–Trinajstić information content (AvgIpc) is 2.86. The van der Waals surface area contributed by atoms with Gasteiger partial charge in [0.05, 0.1) is 11.1 Å². The number of carbonyl (C=O) groups is 1. The highest BCUT2D eigenvalue weighted by Gasteiger charge is 2.36. The van der Waals surface area contributed by atoms with Crippen molar-refractivity contribution in [1.29, 1.82) is 0 Å². The molecule has 0 saturated carbocycles. The van der Waals surface area contributed by atoms with Crippen molar-refractivity contribution in [1.82, 2.24) is 10.3 Å². The van der Waals surface area contributed by atoms with Crippen LogP contribution in [0.2, 0.25) is 0 Å². The number of hydrogen-bond donors (Lipinski definition) is 2. The molecule has 18 heavy (non-hydrogen) atoms. The van der Waals surface area contributed by atoms with Crippen LogP contribution in [0.1, 0.15) is 30.8 Å². The van der Waals surface area contributed by atoms with Crippen molar-refractivity contribution in [2.45, 2.75) is 33.6 Å². The Kier molecular flexibility index (Phi) is 5.13. The summed E-state index contributed by atoms with van der Waals surface area (Å²) in [4.78, 5) is 17.8. The van der Waals surface area contributed by atoms with Gasteiger partial charge in [-0.1, -0.05) is 6.92 Å². The monoisotopic (exact) mass is 289 g/mol. The van der Waals surface area contributed by atoms with Gasteiger partial charge >= 0.3 is 0 Å². The predicted octanol–water partition coefficient (Wildman–Crippen LogP) is 2.37. The molecular formula is C12H20ClN3OS. The Labute approximate surface area is 118 Å². The molecule has 4 nitrogen and oxygen atoms in total. The van der Waals surface area contributed by atoms with Crippen molar-refractivity contribution < 1.29 is 4.79 Å². The smallest absolute Gasteiger partial charge is 0.233 e. The van der Waals surface area contributed by atoms with Gasteiger partial charge in [-0.25, -0.2) is 4.98 Å². The number of nitrogens with zero attached hydrogens (tertiary/aromatic N) is 1. The fraction of sp³-hybridized carbons (Fsp3) is 0.667. The molecule has 1 aromatic rings. The Bertz CT molecular complexity index is 427. The summed E-state index contributed by atoms with van der Waals surface area (Å²) in [6.45, 7) is 7.80.